The van der Waals surface area contributed by atoms with E-state index < -0.39 is 5.97 Å². The minimum absolute atomic E-state index is 0.0242. The summed E-state index contributed by atoms with van der Waals surface area (Å²) in [6.07, 6.45) is 1.06. The first-order valence-electron chi connectivity index (χ1n) is 4.93. The van der Waals surface area contributed by atoms with Crippen LogP contribution in [0.25, 0.3) is 0 Å². The predicted molar refractivity (Wildman–Crippen MR) is 55.2 cm³/mol. The standard InChI is InChI=1S/C10H14N2O3/c1-12-5-4-7(6-12)11-9-3-2-8(15-9)10(13)14/h2-3,7,11H,4-6H2,1H3,(H,13,14). The van der Waals surface area contributed by atoms with Crippen LogP contribution < -0.4 is 5.32 Å². The lowest BCUT2D eigenvalue weighted by molar-refractivity contribution is 0.0663. The van der Waals surface area contributed by atoms with Crippen molar-refractivity contribution < 1.29 is 14.3 Å². The van der Waals surface area contributed by atoms with Crippen LogP contribution in [0.2, 0.25) is 0 Å². The quantitative estimate of drug-likeness (QED) is 0.781. The van der Waals surface area contributed by atoms with Gasteiger partial charge in [-0.1, -0.05) is 0 Å². The molecule has 1 aromatic heterocycles. The number of carbonyl (C=O) groups is 1. The molecule has 0 radical (unpaired) electrons. The Hall–Kier alpha value is -1.49. The average molecular weight is 210 g/mol. The molecule has 0 aromatic carbocycles. The SMILES string of the molecule is CN1CCC(Nc2ccc(C(=O)O)o2)C1. The van der Waals surface area contributed by atoms with Gasteiger partial charge in [-0.25, -0.2) is 4.79 Å². The molecular weight excluding hydrogens is 196 g/mol. The molecule has 2 heterocycles. The van der Waals surface area contributed by atoms with Crippen LogP contribution in [0.5, 0.6) is 0 Å². The zero-order chi connectivity index (χ0) is 10.8. The molecule has 1 saturated heterocycles. The van der Waals surface area contributed by atoms with E-state index in [4.69, 9.17) is 9.52 Å². The summed E-state index contributed by atoms with van der Waals surface area (Å²) in [6, 6.07) is 3.47. The van der Waals surface area contributed by atoms with Crippen molar-refractivity contribution in [1.29, 1.82) is 0 Å². The van der Waals surface area contributed by atoms with Crippen LogP contribution in [0.3, 0.4) is 0 Å². The van der Waals surface area contributed by atoms with E-state index in [0.29, 0.717) is 11.9 Å². The lowest BCUT2D eigenvalue weighted by Gasteiger charge is -2.11. The molecule has 1 aliphatic rings. The number of nitrogens with zero attached hydrogens (tertiary/aromatic N) is 1. The van der Waals surface area contributed by atoms with E-state index >= 15 is 0 Å². The molecule has 0 aliphatic carbocycles. The topological polar surface area (TPSA) is 65.7 Å². The second-order valence-electron chi connectivity index (χ2n) is 3.86. The smallest absolute Gasteiger partial charge is 0.371 e. The van der Waals surface area contributed by atoms with E-state index in [2.05, 4.69) is 17.3 Å². The third-order valence-electron chi connectivity index (χ3n) is 2.55. The largest absolute Gasteiger partial charge is 0.475 e. The zero-order valence-electron chi connectivity index (χ0n) is 8.56. The van der Waals surface area contributed by atoms with Crippen LogP contribution in [0.4, 0.5) is 5.88 Å². The maximum absolute atomic E-state index is 10.6. The van der Waals surface area contributed by atoms with E-state index in [1.165, 1.54) is 6.07 Å². The van der Waals surface area contributed by atoms with Crippen molar-refractivity contribution in [2.45, 2.75) is 12.5 Å². The fourth-order valence-electron chi connectivity index (χ4n) is 1.78. The van der Waals surface area contributed by atoms with Gasteiger partial charge in [-0.2, -0.15) is 0 Å². The van der Waals surface area contributed by atoms with Gasteiger partial charge < -0.3 is 19.7 Å². The number of carboxylic acid groups (broad SMARTS) is 1. The summed E-state index contributed by atoms with van der Waals surface area (Å²) in [6.45, 7) is 2.02. The Kier molecular flexibility index (Phi) is 2.64. The molecule has 2 rings (SSSR count). The van der Waals surface area contributed by atoms with E-state index in [-0.39, 0.29) is 5.76 Å². The van der Waals surface area contributed by atoms with Gasteiger partial charge in [0, 0.05) is 18.7 Å². The zero-order valence-corrected chi connectivity index (χ0v) is 8.56. The summed E-state index contributed by atoms with van der Waals surface area (Å²) in [4.78, 5) is 12.8. The van der Waals surface area contributed by atoms with Crippen molar-refractivity contribution in [3.63, 3.8) is 0 Å². The first-order chi connectivity index (χ1) is 7.15. The highest BCUT2D eigenvalue weighted by atomic mass is 16.4. The number of likely N-dealkylation sites (N-methyl/N-ethyl adjacent to an activating group) is 1. The Morgan fingerprint density at radius 1 is 1.67 bits per heavy atom. The van der Waals surface area contributed by atoms with Gasteiger partial charge in [-0.3, -0.25) is 0 Å². The Morgan fingerprint density at radius 2 is 2.47 bits per heavy atom. The molecule has 1 aliphatic heterocycles. The first-order valence-corrected chi connectivity index (χ1v) is 4.93. The fourth-order valence-corrected chi connectivity index (χ4v) is 1.78. The normalized spacial score (nSPS) is 21.8. The van der Waals surface area contributed by atoms with E-state index in [0.717, 1.165) is 19.5 Å². The number of rotatable bonds is 3. The molecular formula is C10H14N2O3. The van der Waals surface area contributed by atoms with Crippen molar-refractivity contribution >= 4 is 11.9 Å². The number of likely N-dealkylation sites (tertiary alicyclic amines) is 1. The summed E-state index contributed by atoms with van der Waals surface area (Å²) in [5, 5.41) is 11.8. The van der Waals surface area contributed by atoms with E-state index in [9.17, 15) is 4.79 Å². The minimum atomic E-state index is -1.04. The summed E-state index contributed by atoms with van der Waals surface area (Å²) in [7, 11) is 2.06. The highest BCUT2D eigenvalue weighted by molar-refractivity contribution is 5.84. The average Bonchev–Trinajstić information content (AvgIpc) is 2.76. The van der Waals surface area contributed by atoms with Crippen molar-refractivity contribution in [2.24, 2.45) is 0 Å². The van der Waals surface area contributed by atoms with Gasteiger partial charge in [-0.05, 0) is 26.1 Å². The molecule has 0 amide bonds. The highest BCUT2D eigenvalue weighted by Crippen LogP contribution is 2.17. The number of hydrogen-bond donors (Lipinski definition) is 2. The number of furan rings is 1. The summed E-state index contributed by atoms with van der Waals surface area (Å²) >= 11 is 0. The Labute approximate surface area is 87.7 Å². The van der Waals surface area contributed by atoms with Gasteiger partial charge >= 0.3 is 5.97 Å². The minimum Gasteiger partial charge on any atom is -0.475 e. The maximum atomic E-state index is 10.6. The van der Waals surface area contributed by atoms with Crippen LogP contribution in [-0.4, -0.2) is 42.2 Å². The molecule has 0 saturated carbocycles. The molecule has 5 nitrogen and oxygen atoms in total. The van der Waals surface area contributed by atoms with Crippen molar-refractivity contribution in [2.75, 3.05) is 25.5 Å². The Balaban J connectivity index is 1.96. The maximum Gasteiger partial charge on any atom is 0.371 e. The fraction of sp³-hybridized carbons (Fsp3) is 0.500. The van der Waals surface area contributed by atoms with Gasteiger partial charge in [0.25, 0.3) is 0 Å². The molecule has 1 fully saturated rings. The van der Waals surface area contributed by atoms with Gasteiger partial charge in [0.1, 0.15) is 0 Å². The summed E-state index contributed by atoms with van der Waals surface area (Å²) in [5.74, 6) is -0.525. The first kappa shape index (κ1) is 10.0. The molecule has 15 heavy (non-hydrogen) atoms. The molecule has 5 heteroatoms. The van der Waals surface area contributed by atoms with Crippen molar-refractivity contribution in [3.05, 3.63) is 17.9 Å². The molecule has 82 valence electrons. The van der Waals surface area contributed by atoms with Crippen LogP contribution >= 0.6 is 0 Å². The summed E-state index contributed by atoms with van der Waals surface area (Å²) in [5.41, 5.74) is 0. The van der Waals surface area contributed by atoms with Crippen LogP contribution in [0.15, 0.2) is 16.5 Å². The Bertz CT molecular complexity index is 361. The number of hydrogen-bond acceptors (Lipinski definition) is 4. The van der Waals surface area contributed by atoms with Crippen LogP contribution in [0, 0.1) is 0 Å². The second-order valence-corrected chi connectivity index (χ2v) is 3.86. The molecule has 0 spiro atoms. The molecule has 1 aromatic rings. The van der Waals surface area contributed by atoms with Gasteiger partial charge in [0.05, 0.1) is 0 Å². The van der Waals surface area contributed by atoms with Gasteiger partial charge in [0.15, 0.2) is 5.88 Å². The molecule has 0 bridgehead atoms. The van der Waals surface area contributed by atoms with Gasteiger partial charge in [0.2, 0.25) is 5.76 Å². The molecule has 2 N–H and O–H groups in total. The monoisotopic (exact) mass is 210 g/mol. The number of nitrogens with one attached hydrogen (secondary N) is 1. The number of anilines is 1. The van der Waals surface area contributed by atoms with E-state index in [1.807, 2.05) is 0 Å². The predicted octanol–water partition coefficient (Wildman–Crippen LogP) is 1.09. The third-order valence-corrected chi connectivity index (χ3v) is 2.55. The lowest BCUT2D eigenvalue weighted by Crippen LogP contribution is -2.23. The van der Waals surface area contributed by atoms with Crippen molar-refractivity contribution in [1.82, 2.24) is 4.90 Å². The summed E-state index contributed by atoms with van der Waals surface area (Å²) < 4.78 is 5.11. The van der Waals surface area contributed by atoms with E-state index in [1.54, 1.807) is 6.07 Å². The Morgan fingerprint density at radius 3 is 3.00 bits per heavy atom. The van der Waals surface area contributed by atoms with Crippen LogP contribution in [0.1, 0.15) is 17.0 Å². The lowest BCUT2D eigenvalue weighted by atomic mass is 10.3. The highest BCUT2D eigenvalue weighted by Gasteiger charge is 2.20. The number of carboxylic acids is 1. The van der Waals surface area contributed by atoms with Crippen LogP contribution in [-0.2, 0) is 0 Å². The second kappa shape index (κ2) is 3.94. The number of aromatic carboxylic acids is 1. The molecule has 1 atom stereocenters. The third kappa shape index (κ3) is 2.30. The van der Waals surface area contributed by atoms with Crippen molar-refractivity contribution in [3.8, 4) is 0 Å². The molecule has 1 unspecified atom stereocenters. The van der Waals surface area contributed by atoms with Gasteiger partial charge in [-0.15, -0.1) is 0 Å².